The Bertz CT molecular complexity index is 388. The van der Waals surface area contributed by atoms with E-state index < -0.39 is 17.0 Å². The average Bonchev–Trinajstić information content (AvgIpc) is 1.85. The molecule has 1 heterocycles. The van der Waals surface area contributed by atoms with Gasteiger partial charge in [-0.05, 0) is 0 Å². The number of nitrogens with zero attached hydrogens (tertiary/aromatic N) is 1. The van der Waals surface area contributed by atoms with Crippen LogP contribution in [-0.2, 0) is 0 Å². The maximum Gasteiger partial charge on any atom is 0.342 e. The van der Waals surface area contributed by atoms with E-state index in [4.69, 9.17) is 0 Å². The first kappa shape index (κ1) is 7.39. The Balaban J connectivity index is 3.43. The largest absolute Gasteiger partial charge is 0.342 e. The molecule has 0 saturated carbocycles. The Kier molecular flexibility index (Phi) is 1.67. The van der Waals surface area contributed by atoms with Crippen LogP contribution < -0.4 is 11.2 Å². The zero-order valence-corrected chi connectivity index (χ0v) is 5.67. The molecule has 0 atom stereocenters. The standard InChI is InChI=1S/C5H5N3O3/c1-2(9)3-4(10)6-5(11)8-7-3/h1H3,(H2,6,8,10,11). The van der Waals surface area contributed by atoms with Crippen LogP contribution in [0.4, 0.5) is 0 Å². The number of nitrogens with one attached hydrogen (secondary N) is 2. The van der Waals surface area contributed by atoms with Crippen molar-refractivity contribution in [2.24, 2.45) is 0 Å². The highest BCUT2D eigenvalue weighted by molar-refractivity contribution is 5.91. The van der Waals surface area contributed by atoms with Gasteiger partial charge >= 0.3 is 5.69 Å². The van der Waals surface area contributed by atoms with Gasteiger partial charge < -0.3 is 0 Å². The van der Waals surface area contributed by atoms with Crippen LogP contribution in [0.3, 0.4) is 0 Å². The van der Waals surface area contributed by atoms with Gasteiger partial charge in [-0.15, -0.1) is 0 Å². The molecule has 2 N–H and O–H groups in total. The van der Waals surface area contributed by atoms with Crippen LogP contribution >= 0.6 is 0 Å². The van der Waals surface area contributed by atoms with Crippen LogP contribution in [-0.4, -0.2) is 21.0 Å². The summed E-state index contributed by atoms with van der Waals surface area (Å²) < 4.78 is 0. The smallest absolute Gasteiger partial charge is 0.292 e. The number of rotatable bonds is 1. The van der Waals surface area contributed by atoms with Crippen LogP contribution in [0.5, 0.6) is 0 Å². The first-order valence-corrected chi connectivity index (χ1v) is 2.81. The highest BCUT2D eigenvalue weighted by atomic mass is 16.2. The second-order valence-electron chi connectivity index (χ2n) is 1.91. The number of ketones is 1. The lowest BCUT2D eigenvalue weighted by molar-refractivity contribution is 0.101. The average molecular weight is 155 g/mol. The second-order valence-corrected chi connectivity index (χ2v) is 1.91. The van der Waals surface area contributed by atoms with E-state index >= 15 is 0 Å². The van der Waals surface area contributed by atoms with Crippen molar-refractivity contribution in [3.05, 3.63) is 26.5 Å². The molecule has 1 rings (SSSR count). The van der Waals surface area contributed by atoms with Gasteiger partial charge in [0.05, 0.1) is 0 Å². The van der Waals surface area contributed by atoms with Crippen molar-refractivity contribution in [2.45, 2.75) is 6.92 Å². The van der Waals surface area contributed by atoms with Gasteiger partial charge in [0.2, 0.25) is 0 Å². The lowest BCUT2D eigenvalue weighted by Crippen LogP contribution is -2.28. The fourth-order valence-corrected chi connectivity index (χ4v) is 0.586. The minimum Gasteiger partial charge on any atom is -0.292 e. The number of hydrogen-bond acceptors (Lipinski definition) is 4. The lowest BCUT2D eigenvalue weighted by atomic mass is 10.3. The van der Waals surface area contributed by atoms with E-state index in [0.717, 1.165) is 0 Å². The Morgan fingerprint density at radius 3 is 2.55 bits per heavy atom. The summed E-state index contributed by atoms with van der Waals surface area (Å²) >= 11 is 0. The molecule has 11 heavy (non-hydrogen) atoms. The van der Waals surface area contributed by atoms with Crippen molar-refractivity contribution in [2.75, 3.05) is 0 Å². The minimum absolute atomic E-state index is 0.287. The van der Waals surface area contributed by atoms with Crippen LogP contribution in [0.15, 0.2) is 9.59 Å². The van der Waals surface area contributed by atoms with Crippen LogP contribution in [0.2, 0.25) is 0 Å². The molecule has 58 valence electrons. The molecule has 0 aromatic carbocycles. The maximum absolute atomic E-state index is 10.7. The Labute approximate surface area is 60.3 Å². The van der Waals surface area contributed by atoms with Crippen molar-refractivity contribution in [3.8, 4) is 0 Å². The highest BCUT2D eigenvalue weighted by Crippen LogP contribution is 1.78. The Morgan fingerprint density at radius 2 is 2.09 bits per heavy atom. The van der Waals surface area contributed by atoms with E-state index in [-0.39, 0.29) is 5.69 Å². The van der Waals surface area contributed by atoms with Crippen LogP contribution in [0.25, 0.3) is 0 Å². The topological polar surface area (TPSA) is 95.7 Å². The van der Waals surface area contributed by atoms with Crippen molar-refractivity contribution >= 4 is 5.78 Å². The fourth-order valence-electron chi connectivity index (χ4n) is 0.586. The van der Waals surface area contributed by atoms with E-state index in [9.17, 15) is 14.4 Å². The molecule has 0 aliphatic rings. The molecule has 6 heteroatoms. The molecular formula is C5H5N3O3. The van der Waals surface area contributed by atoms with Crippen molar-refractivity contribution < 1.29 is 4.79 Å². The van der Waals surface area contributed by atoms with Gasteiger partial charge in [-0.2, -0.15) is 5.10 Å². The molecule has 6 nitrogen and oxygen atoms in total. The molecule has 0 unspecified atom stereocenters. The summed E-state index contributed by atoms with van der Waals surface area (Å²) in [6.45, 7) is 1.19. The molecule has 0 saturated heterocycles. The summed E-state index contributed by atoms with van der Waals surface area (Å²) in [5.74, 6) is -0.484. The molecule has 0 amide bonds. The van der Waals surface area contributed by atoms with Gasteiger partial charge in [0, 0.05) is 6.92 Å². The van der Waals surface area contributed by atoms with Crippen molar-refractivity contribution in [3.63, 3.8) is 0 Å². The number of aromatic nitrogens is 3. The third-order valence-electron chi connectivity index (χ3n) is 1.04. The van der Waals surface area contributed by atoms with Crippen LogP contribution in [0.1, 0.15) is 17.4 Å². The second kappa shape index (κ2) is 2.49. The molecule has 0 aliphatic carbocycles. The Morgan fingerprint density at radius 1 is 1.45 bits per heavy atom. The van der Waals surface area contributed by atoms with Gasteiger partial charge in [-0.3, -0.25) is 14.6 Å². The Hall–Kier alpha value is -1.72. The molecule has 0 radical (unpaired) electrons. The first-order valence-electron chi connectivity index (χ1n) is 2.81. The van der Waals surface area contributed by atoms with Gasteiger partial charge in [-0.25, -0.2) is 9.89 Å². The molecule has 0 fully saturated rings. The summed E-state index contributed by atoms with van der Waals surface area (Å²) in [6, 6.07) is 0. The fraction of sp³-hybridized carbons (Fsp3) is 0.200. The number of H-pyrrole nitrogens is 2. The normalized spacial score (nSPS) is 9.55. The molecule has 0 aliphatic heterocycles. The molecule has 0 spiro atoms. The molecule has 0 bridgehead atoms. The predicted octanol–water partition coefficient (Wildman–Crippen LogP) is -1.34. The first-order chi connectivity index (χ1) is 5.11. The number of aromatic amines is 2. The minimum atomic E-state index is -0.763. The maximum atomic E-state index is 10.7. The number of Topliss-reactive ketones (excluding diaryl/α,β-unsaturated/α-hetero) is 1. The van der Waals surface area contributed by atoms with Crippen LogP contribution in [0, 0.1) is 0 Å². The van der Waals surface area contributed by atoms with Gasteiger partial charge in [0.25, 0.3) is 5.56 Å². The zero-order valence-electron chi connectivity index (χ0n) is 5.67. The van der Waals surface area contributed by atoms with E-state index in [1.807, 2.05) is 10.1 Å². The SMILES string of the molecule is CC(=O)c1n[nH]c(=O)[nH]c1=O. The quantitative estimate of drug-likeness (QED) is 0.490. The summed E-state index contributed by atoms with van der Waals surface area (Å²) in [5.41, 5.74) is -1.77. The monoisotopic (exact) mass is 155 g/mol. The third kappa shape index (κ3) is 1.40. The molecular weight excluding hydrogens is 150 g/mol. The number of hydrogen-bond donors (Lipinski definition) is 2. The summed E-state index contributed by atoms with van der Waals surface area (Å²) in [7, 11) is 0. The molecule has 1 aromatic rings. The highest BCUT2D eigenvalue weighted by Gasteiger charge is 2.05. The summed E-state index contributed by atoms with van der Waals surface area (Å²) in [4.78, 5) is 33.5. The molecule has 1 aromatic heterocycles. The van der Waals surface area contributed by atoms with E-state index in [0.29, 0.717) is 0 Å². The van der Waals surface area contributed by atoms with Gasteiger partial charge in [-0.1, -0.05) is 0 Å². The predicted molar refractivity (Wildman–Crippen MR) is 35.5 cm³/mol. The van der Waals surface area contributed by atoms with E-state index in [1.165, 1.54) is 6.92 Å². The third-order valence-corrected chi connectivity index (χ3v) is 1.04. The van der Waals surface area contributed by atoms with Gasteiger partial charge in [0.15, 0.2) is 11.5 Å². The van der Waals surface area contributed by atoms with E-state index in [2.05, 4.69) is 5.10 Å². The summed E-state index contributed by atoms with van der Waals surface area (Å²) in [6.07, 6.45) is 0. The summed E-state index contributed by atoms with van der Waals surface area (Å²) in [5, 5.41) is 5.19. The number of carbonyl (C=O) groups is 1. The number of carbonyl (C=O) groups excluding carboxylic acids is 1. The van der Waals surface area contributed by atoms with Crippen molar-refractivity contribution in [1.82, 2.24) is 15.2 Å². The van der Waals surface area contributed by atoms with Crippen molar-refractivity contribution in [1.29, 1.82) is 0 Å². The van der Waals surface area contributed by atoms with E-state index in [1.54, 1.807) is 0 Å². The zero-order chi connectivity index (χ0) is 8.43. The van der Waals surface area contributed by atoms with Gasteiger partial charge in [0.1, 0.15) is 0 Å². The lowest BCUT2D eigenvalue weighted by Gasteiger charge is -1.88.